The van der Waals surface area contributed by atoms with Crippen LogP contribution in [0.15, 0.2) is 12.3 Å². The van der Waals surface area contributed by atoms with E-state index in [2.05, 4.69) is 0 Å². The Kier molecular flexibility index (Phi) is 10.2. The first-order chi connectivity index (χ1) is 14.8. The second-order valence-electron chi connectivity index (χ2n) is 6.63. The monoisotopic (exact) mass is 465 g/mol. The normalized spacial score (nSPS) is 29.1. The van der Waals surface area contributed by atoms with Crippen molar-refractivity contribution in [3.8, 4) is 0 Å². The van der Waals surface area contributed by atoms with Crippen LogP contribution < -0.4 is 11.1 Å². The third kappa shape index (κ3) is 7.16. The Bertz CT molecular complexity index is 648. The summed E-state index contributed by atoms with van der Waals surface area (Å²) in [6.07, 6.45) is 0.602. The van der Waals surface area contributed by atoms with Crippen molar-refractivity contribution in [3.05, 3.63) is 12.3 Å². The van der Waals surface area contributed by atoms with Gasteiger partial charge in [0.2, 0.25) is 6.41 Å². The highest BCUT2D eigenvalue weighted by Gasteiger charge is 2.57. The number of hydrogen-bond acceptors (Lipinski definition) is 12. The predicted octanol–water partition coefficient (Wildman–Crippen LogP) is -1.03. The van der Waals surface area contributed by atoms with Crippen molar-refractivity contribution in [2.75, 3.05) is 47.7 Å². The van der Waals surface area contributed by atoms with Crippen molar-refractivity contribution < 1.29 is 46.9 Å². The van der Waals surface area contributed by atoms with E-state index in [1.165, 1.54) is 25.3 Å². The molecule has 0 saturated carbocycles. The third-order valence-electron chi connectivity index (χ3n) is 4.33. The number of carbonyl (C=O) groups excluding carboxylic acids is 3. The zero-order valence-corrected chi connectivity index (χ0v) is 18.4. The number of amides is 2. The number of ether oxygens (including phenoxy) is 4. The molecule has 2 heterocycles. The fourth-order valence-electron chi connectivity index (χ4n) is 2.95. The first kappa shape index (κ1) is 25.6. The van der Waals surface area contributed by atoms with Gasteiger partial charge >= 0.3 is 14.6 Å². The lowest BCUT2D eigenvalue weighted by Gasteiger charge is -2.31. The molecular weight excluding hydrogens is 437 g/mol. The van der Waals surface area contributed by atoms with Gasteiger partial charge in [-0.15, -0.1) is 0 Å². The lowest BCUT2D eigenvalue weighted by atomic mass is 10.1. The molecule has 0 bridgehead atoms. The summed E-state index contributed by atoms with van der Waals surface area (Å²) in [7, 11) is 2.73. The summed E-state index contributed by atoms with van der Waals surface area (Å²) in [5.41, 5.74) is 4.90. The number of likely N-dealkylation sites (N-methyl/N-ethyl adjacent to an activating group) is 1. The van der Waals surface area contributed by atoms with Gasteiger partial charge in [-0.3, -0.25) is 20.6 Å². The molecule has 2 rings (SSSR count). The summed E-state index contributed by atoms with van der Waals surface area (Å²) in [6.45, 7) is 0.555. The minimum absolute atomic E-state index is 0.171. The van der Waals surface area contributed by atoms with Gasteiger partial charge in [0, 0.05) is 33.5 Å². The van der Waals surface area contributed by atoms with Crippen molar-refractivity contribution >= 4 is 26.9 Å². The summed E-state index contributed by atoms with van der Waals surface area (Å²) in [6, 6.07) is 0. The molecule has 0 radical (unpaired) electrons. The van der Waals surface area contributed by atoms with Crippen molar-refractivity contribution in [2.45, 2.75) is 30.6 Å². The summed E-state index contributed by atoms with van der Waals surface area (Å²) >= 11 is 0. The average Bonchev–Trinajstić information content (AvgIpc) is 3.03. The Morgan fingerprint density at radius 3 is 2.65 bits per heavy atom. The van der Waals surface area contributed by atoms with Crippen LogP contribution in [0.4, 0.5) is 0 Å². The lowest BCUT2D eigenvalue weighted by molar-refractivity contribution is -0.165. The lowest BCUT2D eigenvalue weighted by Crippen LogP contribution is -2.55. The van der Waals surface area contributed by atoms with E-state index in [0.29, 0.717) is 13.2 Å². The zero-order chi connectivity index (χ0) is 22.9. The fourth-order valence-corrected chi connectivity index (χ4v) is 4.04. The number of methoxy groups -OCH3 is 2. The smallest absolute Gasteiger partial charge is 0.332 e. The molecule has 0 spiro atoms. The van der Waals surface area contributed by atoms with Gasteiger partial charge in [0.15, 0.2) is 18.1 Å². The number of nitrogens with two attached hydrogens (primary N) is 1. The minimum atomic E-state index is -1.59. The molecule has 14 heteroatoms. The minimum Gasteiger partial charge on any atom is -0.453 e. The van der Waals surface area contributed by atoms with Crippen LogP contribution >= 0.6 is 8.60 Å². The molecule has 3 N–H and O–H groups in total. The van der Waals surface area contributed by atoms with E-state index in [1.807, 2.05) is 5.32 Å². The van der Waals surface area contributed by atoms with Crippen molar-refractivity contribution in [3.63, 3.8) is 0 Å². The number of imide groups is 1. The molecule has 0 aliphatic carbocycles. The van der Waals surface area contributed by atoms with Gasteiger partial charge in [-0.2, -0.15) is 0 Å². The first-order valence-electron chi connectivity index (χ1n) is 9.35. The van der Waals surface area contributed by atoms with Gasteiger partial charge in [-0.25, -0.2) is 4.79 Å². The van der Waals surface area contributed by atoms with Gasteiger partial charge < -0.3 is 37.4 Å². The number of esters is 1. The number of nitrogens with one attached hydrogen (secondary N) is 1. The highest BCUT2D eigenvalue weighted by molar-refractivity contribution is 7.41. The summed E-state index contributed by atoms with van der Waals surface area (Å²) in [4.78, 5) is 35.5. The van der Waals surface area contributed by atoms with Crippen LogP contribution in [-0.2, 0) is 46.9 Å². The van der Waals surface area contributed by atoms with E-state index < -0.39 is 44.6 Å². The number of rotatable bonds is 11. The van der Waals surface area contributed by atoms with Gasteiger partial charge in [0.25, 0.3) is 5.91 Å². The highest BCUT2D eigenvalue weighted by Crippen LogP contribution is 2.44. The standard InChI is InChI=1S/C17H28N3O10P/c1-20(6-5-12(22)19-11-21)16-14(29-13(23)9-24-2)15(25-3)17(18,30-16)10-28-31-26-7-4-8-27-31/h5-6,11,14-16H,4,7-10,18H2,1-3H3,(H,19,21,22)/b6-5-/t14?,15?,16?,17-/m1/s1. The molecule has 2 amide bonds. The van der Waals surface area contributed by atoms with Crippen LogP contribution in [0.25, 0.3) is 0 Å². The molecule has 13 nitrogen and oxygen atoms in total. The molecule has 0 aromatic carbocycles. The summed E-state index contributed by atoms with van der Waals surface area (Å²) in [5.74, 6) is -1.31. The van der Waals surface area contributed by atoms with E-state index >= 15 is 0 Å². The first-order valence-corrected chi connectivity index (χ1v) is 10.4. The van der Waals surface area contributed by atoms with Crippen molar-refractivity contribution in [2.24, 2.45) is 5.73 Å². The van der Waals surface area contributed by atoms with E-state index in [4.69, 9.17) is 38.3 Å². The number of carbonyl (C=O) groups is 3. The average molecular weight is 465 g/mol. The largest absolute Gasteiger partial charge is 0.453 e. The molecule has 176 valence electrons. The third-order valence-corrected chi connectivity index (χ3v) is 5.45. The molecule has 2 aliphatic rings. The van der Waals surface area contributed by atoms with Gasteiger partial charge in [0.1, 0.15) is 19.3 Å². The molecule has 2 aliphatic heterocycles. The highest BCUT2D eigenvalue weighted by atomic mass is 31.2. The van der Waals surface area contributed by atoms with E-state index in [1.54, 1.807) is 7.05 Å². The maximum Gasteiger partial charge on any atom is 0.332 e. The summed E-state index contributed by atoms with van der Waals surface area (Å²) in [5, 5.41) is 1.97. The van der Waals surface area contributed by atoms with Crippen LogP contribution in [0.1, 0.15) is 6.42 Å². The van der Waals surface area contributed by atoms with Crippen LogP contribution in [0.5, 0.6) is 0 Å². The van der Waals surface area contributed by atoms with Crippen LogP contribution in [0.2, 0.25) is 0 Å². The van der Waals surface area contributed by atoms with Gasteiger partial charge in [-0.1, -0.05) is 0 Å². The fraction of sp³-hybridized carbons (Fsp3) is 0.706. The van der Waals surface area contributed by atoms with Crippen LogP contribution in [0.3, 0.4) is 0 Å². The Balaban J connectivity index is 2.17. The molecule has 2 saturated heterocycles. The Morgan fingerprint density at radius 1 is 1.32 bits per heavy atom. The van der Waals surface area contributed by atoms with E-state index in [-0.39, 0.29) is 19.6 Å². The number of hydrogen-bond donors (Lipinski definition) is 2. The van der Waals surface area contributed by atoms with Gasteiger partial charge in [-0.05, 0) is 6.42 Å². The Hall–Kier alpha value is -1.70. The summed E-state index contributed by atoms with van der Waals surface area (Å²) < 4.78 is 38.2. The molecule has 3 unspecified atom stereocenters. The topological polar surface area (TPSA) is 157 Å². The second kappa shape index (κ2) is 12.4. The van der Waals surface area contributed by atoms with Crippen molar-refractivity contribution in [1.29, 1.82) is 0 Å². The maximum atomic E-state index is 12.1. The molecule has 4 atom stereocenters. The Morgan fingerprint density at radius 2 is 2.03 bits per heavy atom. The molecule has 2 fully saturated rings. The number of nitrogens with zero attached hydrogens (tertiary/aromatic N) is 1. The Labute approximate surface area is 181 Å². The quantitative estimate of drug-likeness (QED) is 0.166. The predicted molar refractivity (Wildman–Crippen MR) is 105 cm³/mol. The maximum absolute atomic E-state index is 12.1. The van der Waals surface area contributed by atoms with E-state index in [9.17, 15) is 14.4 Å². The van der Waals surface area contributed by atoms with Crippen molar-refractivity contribution in [1.82, 2.24) is 10.2 Å². The second-order valence-corrected chi connectivity index (χ2v) is 7.85. The van der Waals surface area contributed by atoms with E-state index in [0.717, 1.165) is 12.5 Å². The van der Waals surface area contributed by atoms with Crippen LogP contribution in [0, 0.1) is 0 Å². The van der Waals surface area contributed by atoms with Gasteiger partial charge in [0.05, 0.1) is 13.2 Å². The molecule has 31 heavy (non-hydrogen) atoms. The molecular formula is C17H28N3O10P. The molecule has 0 aromatic rings. The molecule has 0 aromatic heterocycles. The SMILES string of the molecule is COCC(=O)OC1C(N(C)/C=C\C(=O)NC=O)O[C@](N)(COP2OCCCO2)C1OC. The zero-order valence-electron chi connectivity index (χ0n) is 17.6. The van der Waals surface area contributed by atoms with Crippen LogP contribution in [-0.4, -0.2) is 95.0 Å².